The summed E-state index contributed by atoms with van der Waals surface area (Å²) >= 11 is 1.89. The molecule has 0 spiro atoms. The Kier molecular flexibility index (Phi) is 10.4. The van der Waals surface area contributed by atoms with E-state index in [2.05, 4.69) is 287 Å². The number of fused-ring (bicyclic) bond motifs is 7. The lowest BCUT2D eigenvalue weighted by Gasteiger charge is -2.30. The highest BCUT2D eigenvalue weighted by molar-refractivity contribution is 7.26. The Balaban J connectivity index is 1.05. The van der Waals surface area contributed by atoms with Crippen molar-refractivity contribution in [1.29, 1.82) is 0 Å². The molecule has 2 heterocycles. The summed E-state index contributed by atoms with van der Waals surface area (Å²) in [5.74, 6) is 0. The zero-order chi connectivity index (χ0) is 46.4. The van der Waals surface area contributed by atoms with Crippen LogP contribution in [0.15, 0.2) is 273 Å². The van der Waals surface area contributed by atoms with Gasteiger partial charge in [-0.1, -0.05) is 176 Å². The number of rotatable bonds is 10. The van der Waals surface area contributed by atoms with Gasteiger partial charge in [-0.05, 0) is 130 Å². The van der Waals surface area contributed by atoms with Gasteiger partial charge in [0.05, 0.1) is 11.0 Å². The lowest BCUT2D eigenvalue weighted by molar-refractivity contribution is 1.18. The van der Waals surface area contributed by atoms with Crippen LogP contribution >= 0.6 is 11.3 Å². The molecule has 0 bridgehead atoms. The molecule has 4 heteroatoms. The number of anilines is 6. The largest absolute Gasteiger partial charge is 0.310 e. The summed E-state index contributed by atoms with van der Waals surface area (Å²) in [4.78, 5) is 4.78. The summed E-state index contributed by atoms with van der Waals surface area (Å²) in [7, 11) is 0. The lowest BCUT2D eigenvalue weighted by atomic mass is 9.99. The first-order chi connectivity index (χ1) is 34.7. The topological polar surface area (TPSA) is 11.4 Å². The third kappa shape index (κ3) is 7.39. The van der Waals surface area contributed by atoms with Gasteiger partial charge in [-0.15, -0.1) is 11.3 Å². The number of nitrogens with zero attached hydrogens (tertiary/aromatic N) is 3. The van der Waals surface area contributed by atoms with Gasteiger partial charge in [0.25, 0.3) is 0 Å². The third-order valence-corrected chi connectivity index (χ3v) is 14.7. The van der Waals surface area contributed by atoms with E-state index >= 15 is 0 Å². The Morgan fingerprint density at radius 2 is 0.714 bits per heavy atom. The molecule has 0 saturated heterocycles. The second-order valence-corrected chi connectivity index (χ2v) is 18.8. The maximum absolute atomic E-state index is 2.46. The van der Waals surface area contributed by atoms with Gasteiger partial charge in [0.2, 0.25) is 0 Å². The second kappa shape index (κ2) is 17.6. The monoisotopic (exact) mass is 911 g/mol. The molecule has 0 radical (unpaired) electrons. The van der Waals surface area contributed by atoms with Gasteiger partial charge in [-0.2, -0.15) is 0 Å². The van der Waals surface area contributed by atoms with Crippen LogP contribution in [0.2, 0.25) is 0 Å². The average Bonchev–Trinajstić information content (AvgIpc) is 3.98. The number of aromatic nitrogens is 1. The molecule has 13 rings (SSSR count). The number of para-hydroxylation sites is 3. The highest BCUT2D eigenvalue weighted by atomic mass is 32.1. The number of thiophene rings is 1. The van der Waals surface area contributed by atoms with Crippen molar-refractivity contribution in [3.05, 3.63) is 273 Å². The summed E-state index contributed by atoms with van der Waals surface area (Å²) in [6.45, 7) is 0. The predicted octanol–water partition coefficient (Wildman–Crippen LogP) is 19.1. The zero-order valence-corrected chi connectivity index (χ0v) is 39.0. The maximum Gasteiger partial charge on any atom is 0.0555 e. The molecule has 0 N–H and O–H groups in total. The van der Waals surface area contributed by atoms with Crippen LogP contribution in [0.4, 0.5) is 34.1 Å². The van der Waals surface area contributed by atoms with Crippen LogP contribution in [-0.2, 0) is 0 Å². The van der Waals surface area contributed by atoms with E-state index in [0.29, 0.717) is 0 Å². The van der Waals surface area contributed by atoms with Crippen molar-refractivity contribution in [1.82, 2.24) is 4.57 Å². The molecule has 13 aromatic rings. The lowest BCUT2D eigenvalue weighted by Crippen LogP contribution is -2.13. The summed E-state index contributed by atoms with van der Waals surface area (Å²) < 4.78 is 5.09. The van der Waals surface area contributed by atoms with E-state index in [1.807, 2.05) is 11.3 Å². The SMILES string of the molecule is c1ccc(-c2ccc(N(c3ccccc3)c3cc(-c4ccc5c6c7sc8ccccc8c7ccc6n(-c6ccccc6)c5c4)cc(N(c4ccccc4)c4ccc(-c5ccccc5)cc4)c3)cc2)cc1. The van der Waals surface area contributed by atoms with Crippen molar-refractivity contribution in [2.24, 2.45) is 0 Å². The number of hydrogen-bond acceptors (Lipinski definition) is 3. The van der Waals surface area contributed by atoms with Crippen molar-refractivity contribution < 1.29 is 0 Å². The Labute approximate surface area is 411 Å². The van der Waals surface area contributed by atoms with Crippen molar-refractivity contribution in [3.63, 3.8) is 0 Å². The molecule has 70 heavy (non-hydrogen) atoms. The van der Waals surface area contributed by atoms with Crippen LogP contribution in [0.3, 0.4) is 0 Å². The summed E-state index contributed by atoms with van der Waals surface area (Å²) in [5.41, 5.74) is 16.9. The third-order valence-electron chi connectivity index (χ3n) is 13.5. The van der Waals surface area contributed by atoms with E-state index in [-0.39, 0.29) is 0 Å². The molecule has 0 atom stereocenters. The first-order valence-corrected chi connectivity index (χ1v) is 24.6. The highest BCUT2D eigenvalue weighted by Crippen LogP contribution is 2.47. The van der Waals surface area contributed by atoms with E-state index < -0.39 is 0 Å². The smallest absolute Gasteiger partial charge is 0.0555 e. The molecule has 0 amide bonds. The average molecular weight is 912 g/mol. The van der Waals surface area contributed by atoms with Gasteiger partial charge in [0.1, 0.15) is 0 Å². The van der Waals surface area contributed by atoms with Crippen molar-refractivity contribution in [2.75, 3.05) is 9.80 Å². The predicted molar refractivity (Wildman–Crippen MR) is 299 cm³/mol. The standard InChI is InChI=1S/C66H45N3S/c1-6-18-46(19-7-1)48-30-35-55(36-31-48)67(52-22-10-3-11-23-52)57-42-51(43-58(45-57)68(53-24-12-4-13-25-53)56-37-32-49(33-38-56)47-20-8-2-9-21-47)50-34-39-61-63(44-50)69(54-26-14-5-15-27-54)62-41-40-60-59-28-16-17-29-64(59)70-66(60)65(61)62/h1-45H. The van der Waals surface area contributed by atoms with Gasteiger partial charge in [0.15, 0.2) is 0 Å². The minimum absolute atomic E-state index is 1.05. The molecule has 3 nitrogen and oxygen atoms in total. The van der Waals surface area contributed by atoms with Crippen molar-refractivity contribution in [2.45, 2.75) is 0 Å². The molecule has 0 aliphatic carbocycles. The van der Waals surface area contributed by atoms with Crippen LogP contribution in [0.1, 0.15) is 0 Å². The minimum atomic E-state index is 1.05. The second-order valence-electron chi connectivity index (χ2n) is 17.7. The fraction of sp³-hybridized carbons (Fsp3) is 0. The fourth-order valence-electron chi connectivity index (χ4n) is 10.3. The van der Waals surface area contributed by atoms with Gasteiger partial charge >= 0.3 is 0 Å². The van der Waals surface area contributed by atoms with Crippen LogP contribution < -0.4 is 9.80 Å². The van der Waals surface area contributed by atoms with Gasteiger partial charge < -0.3 is 14.4 Å². The molecule has 0 unspecified atom stereocenters. The van der Waals surface area contributed by atoms with Gasteiger partial charge in [0, 0.05) is 70.8 Å². The summed E-state index contributed by atoms with van der Waals surface area (Å²) in [6, 6.07) is 99.1. The molecule has 0 aliphatic heterocycles. The summed E-state index contributed by atoms with van der Waals surface area (Å²) in [6.07, 6.45) is 0. The number of benzene rings is 11. The Bertz CT molecular complexity index is 3810. The maximum atomic E-state index is 2.46. The molecule has 2 aromatic heterocycles. The van der Waals surface area contributed by atoms with E-state index in [9.17, 15) is 0 Å². The zero-order valence-electron chi connectivity index (χ0n) is 38.2. The Morgan fingerprint density at radius 1 is 0.271 bits per heavy atom. The van der Waals surface area contributed by atoms with E-state index in [0.717, 1.165) is 50.9 Å². The molecule has 0 fully saturated rings. The molecule has 0 saturated carbocycles. The Morgan fingerprint density at radius 3 is 1.27 bits per heavy atom. The molecule has 330 valence electrons. The van der Waals surface area contributed by atoms with Crippen molar-refractivity contribution >= 4 is 87.4 Å². The molecule has 11 aromatic carbocycles. The quantitative estimate of drug-likeness (QED) is 0.135. The van der Waals surface area contributed by atoms with Gasteiger partial charge in [-0.25, -0.2) is 0 Å². The highest BCUT2D eigenvalue weighted by Gasteiger charge is 2.22. The first kappa shape index (κ1) is 41.2. The van der Waals surface area contributed by atoms with E-state index in [1.54, 1.807) is 0 Å². The van der Waals surface area contributed by atoms with E-state index in [1.165, 1.54) is 64.2 Å². The minimum Gasteiger partial charge on any atom is -0.310 e. The normalized spacial score (nSPS) is 11.4. The molecular formula is C66H45N3S. The van der Waals surface area contributed by atoms with Crippen molar-refractivity contribution in [3.8, 4) is 39.1 Å². The molecule has 0 aliphatic rings. The Hall–Kier alpha value is -8.96. The number of hydrogen-bond donors (Lipinski definition) is 0. The van der Waals surface area contributed by atoms with Crippen LogP contribution in [-0.4, -0.2) is 4.57 Å². The van der Waals surface area contributed by atoms with Crippen LogP contribution in [0.5, 0.6) is 0 Å². The fourth-order valence-corrected chi connectivity index (χ4v) is 11.5. The van der Waals surface area contributed by atoms with Crippen LogP contribution in [0, 0.1) is 0 Å². The molecular weight excluding hydrogens is 867 g/mol. The van der Waals surface area contributed by atoms with E-state index in [4.69, 9.17) is 0 Å². The summed E-state index contributed by atoms with van der Waals surface area (Å²) in [5, 5.41) is 5.14. The first-order valence-electron chi connectivity index (χ1n) is 23.8. The van der Waals surface area contributed by atoms with Gasteiger partial charge in [-0.3, -0.25) is 0 Å². The van der Waals surface area contributed by atoms with Crippen LogP contribution in [0.25, 0.3) is 81.0 Å².